The predicted octanol–water partition coefficient (Wildman–Crippen LogP) is 6.88. The number of hydrogen-bond donors (Lipinski definition) is 3. The van der Waals surface area contributed by atoms with Crippen molar-refractivity contribution in [2.45, 2.75) is 129 Å². The van der Waals surface area contributed by atoms with E-state index in [1.54, 1.807) is 5.57 Å². The molecule has 0 aromatic rings. The highest BCUT2D eigenvalue weighted by molar-refractivity contribution is 5.38. The highest BCUT2D eigenvalue weighted by atomic mass is 16.3. The second-order valence-electron chi connectivity index (χ2n) is 11.8. The van der Waals surface area contributed by atoms with Gasteiger partial charge in [-0.3, -0.25) is 0 Å². The van der Waals surface area contributed by atoms with Gasteiger partial charge in [-0.25, -0.2) is 0 Å². The molecule has 188 valence electrons. The first-order valence-corrected chi connectivity index (χ1v) is 13.8. The Hall–Kier alpha value is -0.900. The van der Waals surface area contributed by atoms with E-state index < -0.39 is 17.8 Å². The van der Waals surface area contributed by atoms with Gasteiger partial charge in [0.2, 0.25) is 0 Å². The summed E-state index contributed by atoms with van der Waals surface area (Å²) in [5, 5.41) is 30.8. The van der Waals surface area contributed by atoms with E-state index in [0.29, 0.717) is 24.2 Å². The molecule has 0 saturated heterocycles. The van der Waals surface area contributed by atoms with Crippen LogP contribution in [0.15, 0.2) is 35.5 Å². The third-order valence-electron chi connectivity index (χ3n) is 9.86. The van der Waals surface area contributed by atoms with Crippen molar-refractivity contribution < 1.29 is 15.3 Å². The average Bonchev–Trinajstić information content (AvgIpc) is 3.15. The van der Waals surface area contributed by atoms with Crippen LogP contribution in [0.5, 0.6) is 0 Å². The third kappa shape index (κ3) is 6.03. The van der Waals surface area contributed by atoms with E-state index in [-0.39, 0.29) is 0 Å². The van der Waals surface area contributed by atoms with Gasteiger partial charge in [0.25, 0.3) is 0 Å². The van der Waals surface area contributed by atoms with Crippen LogP contribution in [0.2, 0.25) is 0 Å². The maximum absolute atomic E-state index is 10.6. The van der Waals surface area contributed by atoms with Crippen molar-refractivity contribution in [1.29, 1.82) is 0 Å². The summed E-state index contributed by atoms with van der Waals surface area (Å²) < 4.78 is 0. The molecule has 3 N–H and O–H groups in total. The number of allylic oxidation sites excluding steroid dienone is 3. The average molecular weight is 459 g/mol. The van der Waals surface area contributed by atoms with Crippen molar-refractivity contribution >= 4 is 0 Å². The summed E-state index contributed by atoms with van der Waals surface area (Å²) in [6, 6.07) is 0. The summed E-state index contributed by atoms with van der Waals surface area (Å²) in [4.78, 5) is 0. The van der Waals surface area contributed by atoms with Crippen LogP contribution >= 0.6 is 0 Å². The molecule has 0 bridgehead atoms. The molecular weight excluding hydrogens is 408 g/mol. The van der Waals surface area contributed by atoms with E-state index in [4.69, 9.17) is 0 Å². The van der Waals surface area contributed by atoms with Crippen molar-refractivity contribution in [3.8, 4) is 0 Å². The summed E-state index contributed by atoms with van der Waals surface area (Å²) in [7, 11) is 0. The van der Waals surface area contributed by atoms with Crippen LogP contribution in [-0.4, -0.2) is 33.1 Å². The number of aliphatic hydroxyl groups is 3. The second-order valence-corrected chi connectivity index (χ2v) is 11.8. The second kappa shape index (κ2) is 11.2. The number of fused-ring (bicyclic) bond motifs is 1. The Kier molecular flexibility index (Phi) is 9.08. The Morgan fingerprint density at radius 1 is 1.15 bits per heavy atom. The molecule has 6 atom stereocenters. The van der Waals surface area contributed by atoms with Gasteiger partial charge in [0.05, 0.1) is 17.8 Å². The molecule has 0 amide bonds. The van der Waals surface area contributed by atoms with Crippen LogP contribution in [-0.2, 0) is 0 Å². The summed E-state index contributed by atoms with van der Waals surface area (Å²) in [5.74, 6) is 2.17. The van der Waals surface area contributed by atoms with Crippen molar-refractivity contribution in [3.63, 3.8) is 0 Å². The zero-order valence-electron chi connectivity index (χ0n) is 21.8. The van der Waals surface area contributed by atoms with Gasteiger partial charge in [0, 0.05) is 6.42 Å². The fourth-order valence-corrected chi connectivity index (χ4v) is 7.40. The number of unbranched alkanes of at least 4 members (excludes halogenated alkanes) is 1. The molecule has 3 aliphatic rings. The van der Waals surface area contributed by atoms with E-state index in [0.717, 1.165) is 48.7 Å². The fraction of sp³-hybridized carbons (Fsp3) is 0.800. The monoisotopic (exact) mass is 458 g/mol. The Bertz CT molecular complexity index is 731. The highest BCUT2D eigenvalue weighted by Crippen LogP contribution is 2.60. The minimum absolute atomic E-state index is 0.387. The van der Waals surface area contributed by atoms with E-state index in [2.05, 4.69) is 46.4 Å². The van der Waals surface area contributed by atoms with Crippen LogP contribution < -0.4 is 0 Å². The van der Waals surface area contributed by atoms with Crippen LogP contribution in [0.25, 0.3) is 0 Å². The molecule has 2 unspecified atom stereocenters. The maximum atomic E-state index is 10.6. The summed E-state index contributed by atoms with van der Waals surface area (Å²) in [6.07, 6.45) is 17.1. The quantitative estimate of drug-likeness (QED) is 0.330. The molecule has 3 saturated carbocycles. The maximum Gasteiger partial charge on any atom is 0.0811 e. The topological polar surface area (TPSA) is 60.7 Å². The van der Waals surface area contributed by atoms with Crippen LogP contribution in [0.3, 0.4) is 0 Å². The Balaban J connectivity index is 1.62. The van der Waals surface area contributed by atoms with Gasteiger partial charge in [-0.05, 0) is 92.1 Å². The molecule has 0 aliphatic heterocycles. The first kappa shape index (κ1) is 26.7. The molecule has 0 radical (unpaired) electrons. The zero-order valence-corrected chi connectivity index (χ0v) is 21.8. The van der Waals surface area contributed by atoms with E-state index >= 15 is 0 Å². The molecule has 3 nitrogen and oxygen atoms in total. The van der Waals surface area contributed by atoms with Crippen LogP contribution in [0.1, 0.15) is 111 Å². The van der Waals surface area contributed by atoms with Gasteiger partial charge in [-0.2, -0.15) is 0 Å². The predicted molar refractivity (Wildman–Crippen MR) is 138 cm³/mol. The van der Waals surface area contributed by atoms with Gasteiger partial charge in [0.15, 0.2) is 0 Å². The lowest BCUT2D eigenvalue weighted by Gasteiger charge is -2.44. The summed E-state index contributed by atoms with van der Waals surface area (Å²) in [5.41, 5.74) is 3.30. The molecule has 3 rings (SSSR count). The number of rotatable bonds is 9. The smallest absolute Gasteiger partial charge is 0.0811 e. The van der Waals surface area contributed by atoms with Gasteiger partial charge < -0.3 is 15.3 Å². The molecule has 3 heteroatoms. The molecular formula is C30H50O3. The normalized spacial score (nSPS) is 36.4. The molecule has 0 aromatic heterocycles. The van der Waals surface area contributed by atoms with Crippen LogP contribution in [0.4, 0.5) is 0 Å². The lowest BCUT2D eigenvalue weighted by atomic mass is 9.60. The third-order valence-corrected chi connectivity index (χ3v) is 9.86. The van der Waals surface area contributed by atoms with Crippen molar-refractivity contribution in [1.82, 2.24) is 0 Å². The van der Waals surface area contributed by atoms with Crippen LogP contribution in [0, 0.1) is 23.2 Å². The van der Waals surface area contributed by atoms with E-state index in [9.17, 15) is 15.3 Å². The van der Waals surface area contributed by atoms with Gasteiger partial charge >= 0.3 is 0 Å². The molecule has 33 heavy (non-hydrogen) atoms. The minimum atomic E-state index is -0.614. The number of aliphatic hydroxyl groups excluding tert-OH is 2. The van der Waals surface area contributed by atoms with E-state index in [1.807, 2.05) is 0 Å². The Morgan fingerprint density at radius 3 is 2.58 bits per heavy atom. The van der Waals surface area contributed by atoms with Gasteiger partial charge in [-0.1, -0.05) is 71.3 Å². The first-order chi connectivity index (χ1) is 15.6. The molecule has 0 aromatic carbocycles. The lowest BCUT2D eigenvalue weighted by molar-refractivity contribution is 0.0202. The van der Waals surface area contributed by atoms with Crippen molar-refractivity contribution in [2.75, 3.05) is 0 Å². The van der Waals surface area contributed by atoms with Crippen molar-refractivity contribution in [3.05, 3.63) is 35.5 Å². The van der Waals surface area contributed by atoms with Gasteiger partial charge in [0.1, 0.15) is 0 Å². The lowest BCUT2D eigenvalue weighted by Crippen LogP contribution is -2.36. The molecule has 3 fully saturated rings. The summed E-state index contributed by atoms with van der Waals surface area (Å²) >= 11 is 0. The Labute approximate surface area is 203 Å². The van der Waals surface area contributed by atoms with E-state index in [1.165, 1.54) is 44.9 Å². The first-order valence-electron chi connectivity index (χ1n) is 13.8. The zero-order chi connectivity index (χ0) is 24.2. The van der Waals surface area contributed by atoms with Crippen molar-refractivity contribution in [2.24, 2.45) is 23.2 Å². The van der Waals surface area contributed by atoms with Gasteiger partial charge in [-0.15, -0.1) is 0 Å². The molecule has 0 spiro atoms. The minimum Gasteiger partial charge on any atom is -0.393 e. The Morgan fingerprint density at radius 2 is 1.88 bits per heavy atom. The largest absolute Gasteiger partial charge is 0.393 e. The molecule has 0 heterocycles. The molecule has 3 aliphatic carbocycles. The summed E-state index contributed by atoms with van der Waals surface area (Å²) in [6.45, 7) is 13.3. The standard InChI is InChI=1S/C30H50O3/c1-6-30(33,7-2)18-9-8-11-21(3)26-15-16-27-23(12-10-17-29(26,27)5)13-14-24-19-25(31)20-28(32)22(24)4/h13-14,21,25-28,31-33H,4,6-12,15-20H2,1-3,5H3/t21?,25-,26?,27-,28+,29+/m1/s1. The fourth-order valence-electron chi connectivity index (χ4n) is 7.40. The number of hydrogen-bond acceptors (Lipinski definition) is 3. The highest BCUT2D eigenvalue weighted by Gasteiger charge is 2.50. The SMILES string of the molecule is C=C1C(=CC=C2CCC[C@@]3(C)C(C(C)CCCCC(O)(CC)CC)CC[C@H]23)C[C@@H](O)C[C@@H]1O.